The minimum absolute atomic E-state index is 0.0202. The Kier molecular flexibility index (Phi) is 3.70. The van der Waals surface area contributed by atoms with Gasteiger partial charge in [-0.05, 0) is 24.6 Å². The van der Waals surface area contributed by atoms with Crippen molar-refractivity contribution in [3.63, 3.8) is 0 Å². The zero-order chi connectivity index (χ0) is 11.7. The van der Waals surface area contributed by atoms with Gasteiger partial charge in [0.1, 0.15) is 5.82 Å². The van der Waals surface area contributed by atoms with E-state index in [1.54, 1.807) is 0 Å². The smallest absolute Gasteiger partial charge is 0.142 e. The van der Waals surface area contributed by atoms with Gasteiger partial charge in [-0.2, -0.15) is 0 Å². The molecule has 1 aliphatic heterocycles. The lowest BCUT2D eigenvalue weighted by Crippen LogP contribution is -2.46. The third kappa shape index (κ3) is 2.48. The Morgan fingerprint density at radius 3 is 2.62 bits per heavy atom. The molecule has 16 heavy (non-hydrogen) atoms. The molecule has 0 bridgehead atoms. The first-order valence-corrected chi connectivity index (χ1v) is 5.81. The van der Waals surface area contributed by atoms with Gasteiger partial charge in [-0.1, -0.05) is 23.2 Å². The molecule has 0 aliphatic carbocycles. The first-order valence-electron chi connectivity index (χ1n) is 5.06. The Morgan fingerprint density at radius 2 is 2.06 bits per heavy atom. The minimum atomic E-state index is -0.445. The van der Waals surface area contributed by atoms with Crippen molar-refractivity contribution in [2.24, 2.45) is 0 Å². The number of nitrogens with one attached hydrogen (secondary N) is 1. The molecule has 1 N–H and O–H groups in total. The zero-order valence-corrected chi connectivity index (χ0v) is 10.3. The standard InChI is InChI=1S/C11H12Cl2FNO/c1-6(15-7-4-16-5-7)8-2-11(14)10(13)3-9(8)12/h2-3,6-7,15H,4-5H2,1H3. The lowest BCUT2D eigenvalue weighted by molar-refractivity contribution is -0.00925. The maximum atomic E-state index is 13.3. The summed E-state index contributed by atoms with van der Waals surface area (Å²) < 4.78 is 18.4. The molecule has 0 amide bonds. The average Bonchev–Trinajstić information content (AvgIpc) is 2.17. The molecule has 2 rings (SSSR count). The quantitative estimate of drug-likeness (QED) is 0.846. The van der Waals surface area contributed by atoms with Gasteiger partial charge in [0.05, 0.1) is 24.3 Å². The maximum absolute atomic E-state index is 13.3. The average molecular weight is 264 g/mol. The van der Waals surface area contributed by atoms with Gasteiger partial charge in [0, 0.05) is 11.1 Å². The molecule has 0 radical (unpaired) electrons. The molecule has 1 unspecified atom stereocenters. The summed E-state index contributed by atoms with van der Waals surface area (Å²) >= 11 is 11.7. The van der Waals surface area contributed by atoms with Crippen LogP contribution < -0.4 is 5.32 Å². The summed E-state index contributed by atoms with van der Waals surface area (Å²) in [5.74, 6) is -0.445. The number of benzene rings is 1. The Bertz CT molecular complexity index is 396. The second-order valence-electron chi connectivity index (χ2n) is 3.91. The third-order valence-electron chi connectivity index (χ3n) is 2.63. The highest BCUT2D eigenvalue weighted by Crippen LogP contribution is 2.29. The van der Waals surface area contributed by atoms with Crippen molar-refractivity contribution in [3.05, 3.63) is 33.6 Å². The highest BCUT2D eigenvalue weighted by molar-refractivity contribution is 6.35. The lowest BCUT2D eigenvalue weighted by atomic mass is 10.1. The number of halogens is 3. The Balaban J connectivity index is 2.14. The normalized spacial score (nSPS) is 18.2. The van der Waals surface area contributed by atoms with Crippen LogP contribution in [0.2, 0.25) is 10.0 Å². The van der Waals surface area contributed by atoms with Crippen LogP contribution in [0.5, 0.6) is 0 Å². The van der Waals surface area contributed by atoms with Gasteiger partial charge < -0.3 is 10.1 Å². The molecule has 1 atom stereocenters. The molecule has 1 aliphatic rings. The Hall–Kier alpha value is -0.350. The summed E-state index contributed by atoms with van der Waals surface area (Å²) in [6, 6.07) is 3.11. The van der Waals surface area contributed by atoms with Gasteiger partial charge in [0.15, 0.2) is 0 Å². The third-order valence-corrected chi connectivity index (χ3v) is 3.25. The zero-order valence-electron chi connectivity index (χ0n) is 8.77. The van der Waals surface area contributed by atoms with Crippen molar-refractivity contribution in [1.82, 2.24) is 5.32 Å². The molecule has 1 saturated heterocycles. The molecule has 1 heterocycles. The van der Waals surface area contributed by atoms with E-state index >= 15 is 0 Å². The number of rotatable bonds is 3. The van der Waals surface area contributed by atoms with E-state index in [1.165, 1.54) is 12.1 Å². The van der Waals surface area contributed by atoms with Gasteiger partial charge in [-0.3, -0.25) is 0 Å². The molecule has 0 spiro atoms. The second-order valence-corrected chi connectivity index (χ2v) is 4.72. The van der Waals surface area contributed by atoms with E-state index in [9.17, 15) is 4.39 Å². The molecular formula is C11H12Cl2FNO. The molecule has 1 fully saturated rings. The molecular weight excluding hydrogens is 252 g/mol. The highest BCUT2D eigenvalue weighted by atomic mass is 35.5. The molecule has 1 aromatic rings. The van der Waals surface area contributed by atoms with Gasteiger partial charge in [0.2, 0.25) is 0 Å². The maximum Gasteiger partial charge on any atom is 0.142 e. The minimum Gasteiger partial charge on any atom is -0.378 e. The fourth-order valence-corrected chi connectivity index (χ4v) is 2.19. The summed E-state index contributed by atoms with van der Waals surface area (Å²) in [5.41, 5.74) is 0.718. The van der Waals surface area contributed by atoms with E-state index in [0.717, 1.165) is 5.56 Å². The van der Waals surface area contributed by atoms with E-state index in [0.29, 0.717) is 24.3 Å². The van der Waals surface area contributed by atoms with Crippen LogP contribution in [-0.4, -0.2) is 19.3 Å². The molecule has 1 aromatic carbocycles. The van der Waals surface area contributed by atoms with Crippen molar-refractivity contribution in [1.29, 1.82) is 0 Å². The molecule has 88 valence electrons. The van der Waals surface area contributed by atoms with E-state index < -0.39 is 5.82 Å². The number of ether oxygens (including phenoxy) is 1. The van der Waals surface area contributed by atoms with Gasteiger partial charge in [-0.15, -0.1) is 0 Å². The van der Waals surface area contributed by atoms with E-state index in [1.807, 2.05) is 6.92 Å². The van der Waals surface area contributed by atoms with Crippen LogP contribution in [0.25, 0.3) is 0 Å². The van der Waals surface area contributed by atoms with Crippen molar-refractivity contribution >= 4 is 23.2 Å². The molecule has 0 aromatic heterocycles. The van der Waals surface area contributed by atoms with Gasteiger partial charge in [0.25, 0.3) is 0 Å². The highest BCUT2D eigenvalue weighted by Gasteiger charge is 2.22. The van der Waals surface area contributed by atoms with Gasteiger partial charge >= 0.3 is 0 Å². The predicted molar refractivity (Wildman–Crippen MR) is 62.6 cm³/mol. The van der Waals surface area contributed by atoms with Crippen LogP contribution in [0.3, 0.4) is 0 Å². The molecule has 2 nitrogen and oxygen atoms in total. The summed E-state index contributed by atoms with van der Waals surface area (Å²) in [5, 5.41) is 3.83. The van der Waals surface area contributed by atoms with Crippen LogP contribution in [0, 0.1) is 5.82 Å². The first kappa shape index (κ1) is 12.1. The van der Waals surface area contributed by atoms with Crippen molar-refractivity contribution < 1.29 is 9.13 Å². The van der Waals surface area contributed by atoms with E-state index in [4.69, 9.17) is 27.9 Å². The van der Waals surface area contributed by atoms with Crippen LogP contribution in [0.1, 0.15) is 18.5 Å². The fraction of sp³-hybridized carbons (Fsp3) is 0.455. The summed E-state index contributed by atoms with van der Waals surface area (Å²) in [6.07, 6.45) is 0. The van der Waals surface area contributed by atoms with Crippen LogP contribution in [0.15, 0.2) is 12.1 Å². The summed E-state index contributed by atoms with van der Waals surface area (Å²) in [7, 11) is 0. The first-order chi connectivity index (χ1) is 7.58. The van der Waals surface area contributed by atoms with E-state index in [2.05, 4.69) is 5.32 Å². The van der Waals surface area contributed by atoms with E-state index in [-0.39, 0.29) is 11.1 Å². The summed E-state index contributed by atoms with van der Waals surface area (Å²) in [4.78, 5) is 0. The molecule has 5 heteroatoms. The Morgan fingerprint density at radius 1 is 1.38 bits per heavy atom. The molecule has 0 saturated carbocycles. The largest absolute Gasteiger partial charge is 0.378 e. The van der Waals surface area contributed by atoms with Crippen LogP contribution in [-0.2, 0) is 4.74 Å². The second kappa shape index (κ2) is 4.88. The van der Waals surface area contributed by atoms with Crippen molar-refractivity contribution in [3.8, 4) is 0 Å². The van der Waals surface area contributed by atoms with Crippen molar-refractivity contribution in [2.45, 2.75) is 19.0 Å². The van der Waals surface area contributed by atoms with Crippen LogP contribution in [0.4, 0.5) is 4.39 Å². The number of hydrogen-bond acceptors (Lipinski definition) is 2. The fourth-order valence-electron chi connectivity index (χ4n) is 1.65. The predicted octanol–water partition coefficient (Wildman–Crippen LogP) is 3.18. The summed E-state index contributed by atoms with van der Waals surface area (Å²) in [6.45, 7) is 3.32. The number of hydrogen-bond donors (Lipinski definition) is 1. The Labute approximate surface area is 104 Å². The topological polar surface area (TPSA) is 21.3 Å². The van der Waals surface area contributed by atoms with Crippen LogP contribution >= 0.6 is 23.2 Å². The monoisotopic (exact) mass is 263 g/mol. The lowest BCUT2D eigenvalue weighted by Gasteiger charge is -2.30. The van der Waals surface area contributed by atoms with Gasteiger partial charge in [-0.25, -0.2) is 4.39 Å². The van der Waals surface area contributed by atoms with Crippen molar-refractivity contribution in [2.75, 3.05) is 13.2 Å². The SMILES string of the molecule is CC(NC1COC1)c1cc(F)c(Cl)cc1Cl.